The maximum Gasteiger partial charge on any atom is 0.243 e. The number of nitrogens with zero attached hydrogens (tertiary/aromatic N) is 3. The summed E-state index contributed by atoms with van der Waals surface area (Å²) in [6.07, 6.45) is 5.31. The Hall–Kier alpha value is -1.44. The lowest BCUT2D eigenvalue weighted by Crippen LogP contribution is -2.52. The minimum atomic E-state index is -3.50. The average molecular weight is 408 g/mol. The molecule has 0 aromatic heterocycles. The number of aryl methyl sites for hydroxylation is 2. The first kappa shape index (κ1) is 21.3. The second kappa shape index (κ2) is 8.93. The third kappa shape index (κ3) is 4.58. The Kier molecular flexibility index (Phi) is 6.78. The van der Waals surface area contributed by atoms with Gasteiger partial charge in [0.05, 0.1) is 11.4 Å². The number of carbonyl (C=O) groups is 1. The summed E-state index contributed by atoms with van der Waals surface area (Å²) >= 11 is 0. The third-order valence-electron chi connectivity index (χ3n) is 6.28. The van der Waals surface area contributed by atoms with Gasteiger partial charge in [-0.05, 0) is 69.3 Å². The molecule has 1 fully saturated rings. The number of hydrogen-bond acceptors (Lipinski definition) is 4. The molecule has 1 saturated heterocycles. The molecule has 28 heavy (non-hydrogen) atoms. The van der Waals surface area contributed by atoms with Gasteiger partial charge in [-0.25, -0.2) is 8.42 Å². The first-order valence-electron chi connectivity index (χ1n) is 10.4. The molecule has 1 aromatic rings. The zero-order valence-corrected chi connectivity index (χ0v) is 18.2. The predicted molar refractivity (Wildman–Crippen MR) is 111 cm³/mol. The van der Waals surface area contributed by atoms with Gasteiger partial charge in [0, 0.05) is 32.2 Å². The number of fused-ring (bicyclic) bond motifs is 1. The van der Waals surface area contributed by atoms with Gasteiger partial charge in [-0.3, -0.25) is 9.69 Å². The summed E-state index contributed by atoms with van der Waals surface area (Å²) < 4.78 is 27.7. The van der Waals surface area contributed by atoms with Crippen molar-refractivity contribution in [1.29, 1.82) is 0 Å². The molecule has 156 valence electrons. The molecule has 1 aromatic carbocycles. The quantitative estimate of drug-likeness (QED) is 0.725. The highest BCUT2D eigenvalue weighted by Gasteiger charge is 2.31. The van der Waals surface area contributed by atoms with Crippen LogP contribution in [0, 0.1) is 0 Å². The SMILES string of the molecule is CCC(C)N(C)CC(=O)N1CCN(S(=O)(=O)c2ccc3c(c2)CCCC3)CC1. The van der Waals surface area contributed by atoms with Crippen LogP contribution in [0.3, 0.4) is 0 Å². The molecule has 3 rings (SSSR count). The Morgan fingerprint density at radius 1 is 1.11 bits per heavy atom. The summed E-state index contributed by atoms with van der Waals surface area (Å²) in [7, 11) is -1.54. The van der Waals surface area contributed by atoms with Crippen LogP contribution in [0.5, 0.6) is 0 Å². The van der Waals surface area contributed by atoms with Crippen LogP contribution in [0.1, 0.15) is 44.2 Å². The Morgan fingerprint density at radius 2 is 1.75 bits per heavy atom. The molecule has 1 aliphatic heterocycles. The topological polar surface area (TPSA) is 60.9 Å². The lowest BCUT2D eigenvalue weighted by molar-refractivity contribution is -0.133. The highest BCUT2D eigenvalue weighted by Crippen LogP contribution is 2.26. The minimum Gasteiger partial charge on any atom is -0.339 e. The molecule has 1 unspecified atom stereocenters. The molecular weight excluding hydrogens is 374 g/mol. The lowest BCUT2D eigenvalue weighted by Gasteiger charge is -2.35. The third-order valence-corrected chi connectivity index (χ3v) is 8.17. The number of sulfonamides is 1. The molecule has 2 aliphatic rings. The maximum atomic E-state index is 13.1. The second-order valence-electron chi connectivity index (χ2n) is 8.09. The smallest absolute Gasteiger partial charge is 0.243 e. The summed E-state index contributed by atoms with van der Waals surface area (Å²) in [5, 5.41) is 0. The fraction of sp³-hybridized carbons (Fsp3) is 0.667. The number of hydrogen-bond donors (Lipinski definition) is 0. The Morgan fingerprint density at radius 3 is 2.39 bits per heavy atom. The van der Waals surface area contributed by atoms with E-state index in [1.807, 2.05) is 19.2 Å². The largest absolute Gasteiger partial charge is 0.339 e. The van der Waals surface area contributed by atoms with Gasteiger partial charge in [0.25, 0.3) is 0 Å². The van der Waals surface area contributed by atoms with Crippen molar-refractivity contribution in [3.05, 3.63) is 29.3 Å². The van der Waals surface area contributed by atoms with Crippen LogP contribution in [-0.4, -0.2) is 74.2 Å². The van der Waals surface area contributed by atoms with E-state index < -0.39 is 10.0 Å². The van der Waals surface area contributed by atoms with Crippen LogP contribution >= 0.6 is 0 Å². The van der Waals surface area contributed by atoms with E-state index in [0.717, 1.165) is 25.7 Å². The molecule has 7 heteroatoms. The predicted octanol–water partition coefficient (Wildman–Crippen LogP) is 2.13. The summed E-state index contributed by atoms with van der Waals surface area (Å²) in [6.45, 7) is 6.23. The van der Waals surface area contributed by atoms with E-state index in [1.165, 1.54) is 21.9 Å². The first-order chi connectivity index (χ1) is 13.3. The first-order valence-corrected chi connectivity index (χ1v) is 11.9. The number of benzene rings is 1. The number of carbonyl (C=O) groups excluding carboxylic acids is 1. The van der Waals surface area contributed by atoms with Crippen LogP contribution in [-0.2, 0) is 27.7 Å². The highest BCUT2D eigenvalue weighted by molar-refractivity contribution is 7.89. The van der Waals surface area contributed by atoms with Gasteiger partial charge in [0.2, 0.25) is 15.9 Å². The van der Waals surface area contributed by atoms with E-state index >= 15 is 0 Å². The van der Waals surface area contributed by atoms with Crippen molar-refractivity contribution in [2.45, 2.75) is 56.9 Å². The van der Waals surface area contributed by atoms with Crippen LogP contribution in [0.25, 0.3) is 0 Å². The number of amides is 1. The van der Waals surface area contributed by atoms with E-state index in [0.29, 0.717) is 43.7 Å². The van der Waals surface area contributed by atoms with Gasteiger partial charge in [-0.15, -0.1) is 0 Å². The van der Waals surface area contributed by atoms with Crippen LogP contribution in [0.4, 0.5) is 0 Å². The van der Waals surface area contributed by atoms with E-state index in [1.54, 1.807) is 11.0 Å². The van der Waals surface area contributed by atoms with Crippen molar-refractivity contribution < 1.29 is 13.2 Å². The molecule has 0 saturated carbocycles. The molecule has 0 radical (unpaired) electrons. The van der Waals surface area contributed by atoms with Crippen LogP contribution < -0.4 is 0 Å². The standard InChI is InChI=1S/C21H33N3O3S/c1-4-17(2)22(3)16-21(25)23-11-13-24(14-12-23)28(26,27)20-10-9-18-7-5-6-8-19(18)15-20/h9-10,15,17H,4-8,11-14,16H2,1-3H3. The highest BCUT2D eigenvalue weighted by atomic mass is 32.2. The number of piperazine rings is 1. The molecule has 1 aliphatic carbocycles. The van der Waals surface area contributed by atoms with E-state index in [4.69, 9.17) is 0 Å². The van der Waals surface area contributed by atoms with Gasteiger partial charge < -0.3 is 4.90 Å². The second-order valence-corrected chi connectivity index (χ2v) is 10.0. The van der Waals surface area contributed by atoms with Gasteiger partial charge in [0.15, 0.2) is 0 Å². The van der Waals surface area contributed by atoms with Gasteiger partial charge in [-0.1, -0.05) is 13.0 Å². The van der Waals surface area contributed by atoms with Crippen molar-refractivity contribution in [3.63, 3.8) is 0 Å². The maximum absolute atomic E-state index is 13.1. The summed E-state index contributed by atoms with van der Waals surface area (Å²) in [6, 6.07) is 5.95. The molecular formula is C21H33N3O3S. The van der Waals surface area contributed by atoms with Crippen molar-refractivity contribution in [1.82, 2.24) is 14.1 Å². The average Bonchev–Trinajstić information content (AvgIpc) is 2.72. The zero-order valence-electron chi connectivity index (χ0n) is 17.4. The molecule has 1 heterocycles. The van der Waals surface area contributed by atoms with Crippen LogP contribution in [0.15, 0.2) is 23.1 Å². The summed E-state index contributed by atoms with van der Waals surface area (Å²) in [4.78, 5) is 16.8. The molecule has 0 spiro atoms. The molecule has 0 bridgehead atoms. The summed E-state index contributed by atoms with van der Waals surface area (Å²) in [5.41, 5.74) is 2.46. The van der Waals surface area contributed by atoms with E-state index in [9.17, 15) is 13.2 Å². The zero-order chi connectivity index (χ0) is 20.3. The van der Waals surface area contributed by atoms with Gasteiger partial charge in [-0.2, -0.15) is 4.31 Å². The van der Waals surface area contributed by atoms with E-state index in [-0.39, 0.29) is 5.91 Å². The Labute approximate surface area is 169 Å². The Balaban J connectivity index is 1.61. The van der Waals surface area contributed by atoms with E-state index in [2.05, 4.69) is 18.7 Å². The van der Waals surface area contributed by atoms with Crippen molar-refractivity contribution >= 4 is 15.9 Å². The molecule has 1 amide bonds. The number of likely N-dealkylation sites (N-methyl/N-ethyl adjacent to an activating group) is 1. The normalized spacial score (nSPS) is 19.5. The molecule has 1 atom stereocenters. The Bertz CT molecular complexity index is 801. The fourth-order valence-corrected chi connectivity index (χ4v) is 5.45. The summed E-state index contributed by atoms with van der Waals surface area (Å²) in [5.74, 6) is 0.0774. The minimum absolute atomic E-state index is 0.0774. The van der Waals surface area contributed by atoms with Crippen molar-refractivity contribution in [2.75, 3.05) is 39.8 Å². The molecule has 6 nitrogen and oxygen atoms in total. The lowest BCUT2D eigenvalue weighted by atomic mass is 9.92. The van der Waals surface area contributed by atoms with Crippen molar-refractivity contribution in [3.8, 4) is 0 Å². The van der Waals surface area contributed by atoms with Crippen molar-refractivity contribution in [2.24, 2.45) is 0 Å². The number of rotatable bonds is 6. The van der Waals surface area contributed by atoms with Crippen LogP contribution in [0.2, 0.25) is 0 Å². The van der Waals surface area contributed by atoms with Gasteiger partial charge >= 0.3 is 0 Å². The fourth-order valence-electron chi connectivity index (χ4n) is 3.98. The molecule has 0 N–H and O–H groups in total. The monoisotopic (exact) mass is 407 g/mol. The van der Waals surface area contributed by atoms with Gasteiger partial charge in [0.1, 0.15) is 0 Å².